The van der Waals surface area contributed by atoms with Crippen LogP contribution in [0.25, 0.3) is 22.0 Å². The molecule has 0 unspecified atom stereocenters. The van der Waals surface area contributed by atoms with E-state index >= 15 is 0 Å². The molecule has 1 aliphatic carbocycles. The third kappa shape index (κ3) is 2.13. The number of carbonyl (C=O) groups is 1. The third-order valence-corrected chi connectivity index (χ3v) is 5.15. The molecule has 0 N–H and O–H groups in total. The van der Waals surface area contributed by atoms with E-state index in [1.807, 2.05) is 41.9 Å². The molecule has 0 atom stereocenters. The summed E-state index contributed by atoms with van der Waals surface area (Å²) in [4.78, 5) is 12.9. The quantitative estimate of drug-likeness (QED) is 0.716. The first-order valence-electron chi connectivity index (χ1n) is 8.55. The molecule has 0 bridgehead atoms. The van der Waals surface area contributed by atoms with E-state index in [0.717, 1.165) is 33.3 Å². The van der Waals surface area contributed by atoms with Crippen LogP contribution in [0.2, 0.25) is 0 Å². The summed E-state index contributed by atoms with van der Waals surface area (Å²) in [6.07, 6.45) is 1.08. The maximum absolute atomic E-state index is 12.9. The topological polar surface area (TPSA) is 49.7 Å². The monoisotopic (exact) mass is 351 g/mol. The Hall–Kier alpha value is -2.95. The minimum atomic E-state index is 0.134. The van der Waals surface area contributed by atoms with E-state index in [0.29, 0.717) is 30.1 Å². The lowest BCUT2D eigenvalue weighted by Gasteiger charge is -2.19. The van der Waals surface area contributed by atoms with Crippen LogP contribution in [-0.4, -0.2) is 31.7 Å². The second-order valence-electron chi connectivity index (χ2n) is 6.40. The highest BCUT2D eigenvalue weighted by atomic mass is 16.5. The SMILES string of the molecule is COc1cc2c(c(OC)c1OC)-c1c(n(C)c3ccccc13)C(=O)CC2. The molecule has 134 valence electrons. The minimum Gasteiger partial charge on any atom is -0.493 e. The molecule has 5 nitrogen and oxygen atoms in total. The van der Waals surface area contributed by atoms with Gasteiger partial charge in [0.25, 0.3) is 0 Å². The molecule has 3 aromatic rings. The Morgan fingerprint density at radius 3 is 2.35 bits per heavy atom. The van der Waals surface area contributed by atoms with Gasteiger partial charge in [-0.05, 0) is 24.1 Å². The Morgan fingerprint density at radius 2 is 1.65 bits per heavy atom. The van der Waals surface area contributed by atoms with Crippen LogP contribution in [0.4, 0.5) is 0 Å². The van der Waals surface area contributed by atoms with Gasteiger partial charge in [0, 0.05) is 35.5 Å². The van der Waals surface area contributed by atoms with Crippen LogP contribution in [0, 0.1) is 0 Å². The molecule has 4 rings (SSSR count). The molecule has 26 heavy (non-hydrogen) atoms. The van der Waals surface area contributed by atoms with Crippen molar-refractivity contribution in [1.82, 2.24) is 4.57 Å². The first kappa shape index (κ1) is 16.5. The molecule has 1 heterocycles. The Labute approximate surface area is 152 Å². The molecule has 0 saturated carbocycles. The van der Waals surface area contributed by atoms with Gasteiger partial charge in [-0.25, -0.2) is 0 Å². The number of para-hydroxylation sites is 1. The molecule has 0 radical (unpaired) electrons. The lowest BCUT2D eigenvalue weighted by atomic mass is 9.95. The van der Waals surface area contributed by atoms with Crippen LogP contribution in [-0.2, 0) is 13.5 Å². The van der Waals surface area contributed by atoms with Crippen molar-refractivity contribution in [1.29, 1.82) is 0 Å². The standard InChI is InChI=1S/C21H21NO4/c1-22-14-8-6-5-7-13(14)18-17-12(9-10-15(23)19(18)22)11-16(24-2)20(25-3)21(17)26-4/h5-8,11H,9-10H2,1-4H3. The van der Waals surface area contributed by atoms with Crippen molar-refractivity contribution in [2.45, 2.75) is 12.8 Å². The summed E-state index contributed by atoms with van der Waals surface area (Å²) in [5.74, 6) is 1.89. The van der Waals surface area contributed by atoms with Gasteiger partial charge in [-0.1, -0.05) is 18.2 Å². The fourth-order valence-corrected chi connectivity index (χ4v) is 4.02. The van der Waals surface area contributed by atoms with Crippen LogP contribution in [0.15, 0.2) is 30.3 Å². The number of Topliss-reactive ketones (excluding diaryl/α,β-unsaturated/α-hetero) is 1. The first-order valence-corrected chi connectivity index (χ1v) is 8.55. The van der Waals surface area contributed by atoms with E-state index in [4.69, 9.17) is 14.2 Å². The first-order chi connectivity index (χ1) is 12.6. The average Bonchev–Trinajstić information content (AvgIpc) is 2.87. The van der Waals surface area contributed by atoms with E-state index in [9.17, 15) is 4.79 Å². The predicted octanol–water partition coefficient (Wildman–Crippen LogP) is 4.00. The van der Waals surface area contributed by atoms with Crippen LogP contribution < -0.4 is 14.2 Å². The number of ketones is 1. The molecule has 0 amide bonds. The normalized spacial score (nSPS) is 13.2. The highest BCUT2D eigenvalue weighted by molar-refractivity contribution is 6.13. The van der Waals surface area contributed by atoms with Crippen LogP contribution >= 0.6 is 0 Å². The zero-order chi connectivity index (χ0) is 18.4. The zero-order valence-electron chi connectivity index (χ0n) is 15.4. The van der Waals surface area contributed by atoms with E-state index in [1.165, 1.54) is 0 Å². The van der Waals surface area contributed by atoms with Gasteiger partial charge < -0.3 is 18.8 Å². The van der Waals surface area contributed by atoms with Crippen LogP contribution in [0.5, 0.6) is 17.2 Å². The van der Waals surface area contributed by atoms with E-state index < -0.39 is 0 Å². The maximum Gasteiger partial charge on any atom is 0.203 e. The molecule has 0 fully saturated rings. The van der Waals surface area contributed by atoms with Crippen molar-refractivity contribution in [3.8, 4) is 28.4 Å². The van der Waals surface area contributed by atoms with Gasteiger partial charge in [-0.15, -0.1) is 0 Å². The number of hydrogen-bond donors (Lipinski definition) is 0. The number of benzene rings is 2. The number of carbonyl (C=O) groups excluding carboxylic acids is 1. The van der Waals surface area contributed by atoms with Gasteiger partial charge in [0.1, 0.15) is 0 Å². The largest absolute Gasteiger partial charge is 0.493 e. The molecular weight excluding hydrogens is 330 g/mol. The van der Waals surface area contributed by atoms with Crippen molar-refractivity contribution < 1.29 is 19.0 Å². The van der Waals surface area contributed by atoms with Gasteiger partial charge >= 0.3 is 0 Å². The lowest BCUT2D eigenvalue weighted by Crippen LogP contribution is -2.06. The molecule has 2 aromatic carbocycles. The van der Waals surface area contributed by atoms with Gasteiger partial charge in [0.2, 0.25) is 5.75 Å². The van der Waals surface area contributed by atoms with Crippen molar-refractivity contribution in [2.75, 3.05) is 21.3 Å². The molecular formula is C21H21NO4. The highest BCUT2D eigenvalue weighted by Crippen LogP contribution is 2.51. The van der Waals surface area contributed by atoms with Crippen molar-refractivity contribution in [3.05, 3.63) is 41.6 Å². The van der Waals surface area contributed by atoms with Crippen LogP contribution in [0.3, 0.4) is 0 Å². The summed E-state index contributed by atoms with van der Waals surface area (Å²) in [7, 11) is 6.76. The summed E-state index contributed by atoms with van der Waals surface area (Å²) < 4.78 is 18.8. The maximum atomic E-state index is 12.9. The number of methoxy groups -OCH3 is 3. The number of ether oxygens (including phenoxy) is 3. The lowest BCUT2D eigenvalue weighted by molar-refractivity contribution is 0.0977. The number of hydrogen-bond acceptors (Lipinski definition) is 4. The summed E-state index contributed by atoms with van der Waals surface area (Å²) in [6, 6.07) is 10.0. The van der Waals surface area contributed by atoms with Gasteiger partial charge in [-0.3, -0.25) is 4.79 Å². The van der Waals surface area contributed by atoms with E-state index in [1.54, 1.807) is 21.3 Å². The predicted molar refractivity (Wildman–Crippen MR) is 101 cm³/mol. The third-order valence-electron chi connectivity index (χ3n) is 5.15. The molecule has 1 aromatic heterocycles. The molecule has 0 aliphatic heterocycles. The number of fused-ring (bicyclic) bond motifs is 5. The Kier molecular flexibility index (Phi) is 3.87. The molecule has 5 heteroatoms. The fraction of sp³-hybridized carbons (Fsp3) is 0.286. The van der Waals surface area contributed by atoms with Gasteiger partial charge in [0.05, 0.1) is 27.0 Å². The summed E-state index contributed by atoms with van der Waals surface area (Å²) in [6.45, 7) is 0. The van der Waals surface area contributed by atoms with E-state index in [-0.39, 0.29) is 5.78 Å². The van der Waals surface area contributed by atoms with Crippen molar-refractivity contribution >= 4 is 16.7 Å². The summed E-state index contributed by atoms with van der Waals surface area (Å²) in [5.41, 5.74) is 4.61. The van der Waals surface area contributed by atoms with Gasteiger partial charge in [-0.2, -0.15) is 0 Å². The fourth-order valence-electron chi connectivity index (χ4n) is 4.02. The molecule has 1 aliphatic rings. The minimum absolute atomic E-state index is 0.134. The van der Waals surface area contributed by atoms with Crippen molar-refractivity contribution in [2.24, 2.45) is 7.05 Å². The number of rotatable bonds is 3. The van der Waals surface area contributed by atoms with Crippen molar-refractivity contribution in [3.63, 3.8) is 0 Å². The zero-order valence-corrected chi connectivity index (χ0v) is 15.4. The second-order valence-corrected chi connectivity index (χ2v) is 6.40. The second kappa shape index (κ2) is 6.09. The average molecular weight is 351 g/mol. The number of aryl methyl sites for hydroxylation is 2. The summed E-state index contributed by atoms with van der Waals surface area (Å²) in [5, 5.41) is 1.03. The van der Waals surface area contributed by atoms with E-state index in [2.05, 4.69) is 0 Å². The Bertz CT molecular complexity index is 1030. The number of aromatic nitrogens is 1. The smallest absolute Gasteiger partial charge is 0.203 e. The number of nitrogens with zero attached hydrogens (tertiary/aromatic N) is 1. The summed E-state index contributed by atoms with van der Waals surface area (Å²) >= 11 is 0. The van der Waals surface area contributed by atoms with Crippen LogP contribution in [0.1, 0.15) is 22.5 Å². The van der Waals surface area contributed by atoms with Gasteiger partial charge in [0.15, 0.2) is 17.3 Å². The Balaban J connectivity index is 2.20. The molecule has 0 spiro atoms. The highest BCUT2D eigenvalue weighted by Gasteiger charge is 2.31. The molecule has 0 saturated heterocycles. The Morgan fingerprint density at radius 1 is 0.923 bits per heavy atom.